The van der Waals surface area contributed by atoms with Crippen molar-refractivity contribution in [2.45, 2.75) is 19.4 Å². The van der Waals surface area contributed by atoms with Gasteiger partial charge >= 0.3 is 5.97 Å². The highest BCUT2D eigenvalue weighted by molar-refractivity contribution is 6.31. The lowest BCUT2D eigenvalue weighted by atomic mass is 10.0. The molecule has 0 saturated carbocycles. The molecule has 0 bridgehead atoms. The number of nitrogens with one attached hydrogen (secondary N) is 1. The smallest absolute Gasteiger partial charge is 0.332 e. The minimum atomic E-state index is -1.14. The molecule has 3 rings (SSSR count). The van der Waals surface area contributed by atoms with E-state index in [1.54, 1.807) is 0 Å². The highest BCUT2D eigenvalue weighted by atomic mass is 35.5. The molecule has 1 unspecified atom stereocenters. The first-order valence-electron chi connectivity index (χ1n) is 8.46. The van der Waals surface area contributed by atoms with Crippen LogP contribution in [0.3, 0.4) is 0 Å². The first-order valence-corrected chi connectivity index (χ1v) is 8.84. The number of hydrogen-bond acceptors (Lipinski definition) is 3. The number of benzene rings is 2. The molecule has 0 saturated heterocycles. The maximum Gasteiger partial charge on any atom is 0.332 e. The van der Waals surface area contributed by atoms with Crippen LogP contribution in [0.1, 0.15) is 18.4 Å². The second-order valence-corrected chi connectivity index (χ2v) is 6.63. The molecule has 146 valence electrons. The van der Waals surface area contributed by atoms with Crippen molar-refractivity contribution in [2.75, 3.05) is 5.32 Å². The number of carboxylic acid groups (broad SMARTS) is 1. The number of allylic oxidation sites excluding steroid dienone is 1. The topological polar surface area (TPSA) is 75.6 Å². The lowest BCUT2D eigenvalue weighted by Gasteiger charge is -2.14. The number of anilines is 1. The Morgan fingerprint density at radius 1 is 1.21 bits per heavy atom. The summed E-state index contributed by atoms with van der Waals surface area (Å²) in [5.41, 5.74) is 0.310. The monoisotopic (exact) mass is 407 g/mol. The number of carbonyl (C=O) groups excluding carboxylic acids is 1. The summed E-state index contributed by atoms with van der Waals surface area (Å²) in [5.74, 6) is -3.89. The molecule has 2 aromatic carbocycles. The summed E-state index contributed by atoms with van der Waals surface area (Å²) in [7, 11) is 0. The van der Waals surface area contributed by atoms with Gasteiger partial charge in [-0.15, -0.1) is 0 Å². The molecule has 1 aliphatic carbocycles. The number of amides is 1. The molecule has 28 heavy (non-hydrogen) atoms. The molecule has 2 aromatic rings. The zero-order chi connectivity index (χ0) is 20.3. The van der Waals surface area contributed by atoms with Crippen molar-refractivity contribution < 1.29 is 28.2 Å². The van der Waals surface area contributed by atoms with Crippen molar-refractivity contribution in [1.82, 2.24) is 0 Å². The van der Waals surface area contributed by atoms with Crippen molar-refractivity contribution in [3.05, 3.63) is 70.3 Å². The molecule has 0 radical (unpaired) electrons. The third-order valence-electron chi connectivity index (χ3n) is 4.39. The zero-order valence-corrected chi connectivity index (χ0v) is 15.3. The summed E-state index contributed by atoms with van der Waals surface area (Å²) in [6, 6.07) is 7.94. The van der Waals surface area contributed by atoms with Crippen LogP contribution < -0.4 is 10.1 Å². The average molecular weight is 408 g/mol. The molecular formula is C20H16ClF2NO4. The lowest BCUT2D eigenvalue weighted by molar-refractivity contribution is -0.134. The maximum atomic E-state index is 14.3. The standard InChI is InChI=1S/C20H16ClF2NO4/c21-15-5-2-6-16(22)14(15)10-28-18-8-7-11(9-17(18)23)24-19(25)12-3-1-4-13(12)20(26)27/h2,4-9,12H,1,3,10H2,(H,24,25)(H,26,27). The number of carbonyl (C=O) groups is 2. The molecule has 0 spiro atoms. The Labute approximate surface area is 164 Å². The second kappa shape index (κ2) is 8.39. The molecule has 5 nitrogen and oxygen atoms in total. The molecule has 0 aromatic heterocycles. The fourth-order valence-electron chi connectivity index (χ4n) is 2.96. The van der Waals surface area contributed by atoms with Gasteiger partial charge in [0.15, 0.2) is 11.6 Å². The Hall–Kier alpha value is -2.93. The van der Waals surface area contributed by atoms with Gasteiger partial charge in [-0.25, -0.2) is 13.6 Å². The maximum absolute atomic E-state index is 14.3. The first kappa shape index (κ1) is 19.8. The number of aliphatic carboxylic acids is 1. The largest absolute Gasteiger partial charge is 0.486 e. The van der Waals surface area contributed by atoms with Gasteiger partial charge in [-0.2, -0.15) is 0 Å². The second-order valence-electron chi connectivity index (χ2n) is 6.22. The fraction of sp³-hybridized carbons (Fsp3) is 0.200. The van der Waals surface area contributed by atoms with Gasteiger partial charge in [0.05, 0.1) is 10.9 Å². The van der Waals surface area contributed by atoms with Crippen LogP contribution in [0.2, 0.25) is 5.02 Å². The number of hydrogen-bond donors (Lipinski definition) is 2. The van der Waals surface area contributed by atoms with E-state index in [0.717, 1.165) is 6.07 Å². The number of rotatable bonds is 6. The van der Waals surface area contributed by atoms with E-state index in [0.29, 0.717) is 12.8 Å². The predicted octanol–water partition coefficient (Wildman–Crippen LogP) is 4.56. The fourth-order valence-corrected chi connectivity index (χ4v) is 3.17. The molecule has 1 atom stereocenters. The first-order chi connectivity index (χ1) is 13.4. The molecule has 0 aliphatic heterocycles. The molecule has 0 heterocycles. The molecule has 0 fully saturated rings. The van der Waals surface area contributed by atoms with Gasteiger partial charge in [0.25, 0.3) is 0 Å². The van der Waals surface area contributed by atoms with Crippen LogP contribution in [-0.4, -0.2) is 17.0 Å². The molecular weight excluding hydrogens is 392 g/mol. The van der Waals surface area contributed by atoms with E-state index >= 15 is 0 Å². The Kier molecular flexibility index (Phi) is 5.94. The number of ether oxygens (including phenoxy) is 1. The van der Waals surface area contributed by atoms with Crippen LogP contribution in [0, 0.1) is 17.6 Å². The van der Waals surface area contributed by atoms with Crippen LogP contribution in [0.4, 0.5) is 14.5 Å². The molecule has 2 N–H and O–H groups in total. The summed E-state index contributed by atoms with van der Waals surface area (Å²) in [6.07, 6.45) is 2.40. The normalized spacial score (nSPS) is 15.8. The molecule has 1 amide bonds. The van der Waals surface area contributed by atoms with Crippen LogP contribution in [0.25, 0.3) is 0 Å². The van der Waals surface area contributed by atoms with Gasteiger partial charge in [-0.1, -0.05) is 23.7 Å². The minimum Gasteiger partial charge on any atom is -0.486 e. The van der Waals surface area contributed by atoms with E-state index in [-0.39, 0.29) is 34.2 Å². The van der Waals surface area contributed by atoms with E-state index in [9.17, 15) is 18.4 Å². The Morgan fingerprint density at radius 3 is 2.68 bits per heavy atom. The van der Waals surface area contributed by atoms with Gasteiger partial charge < -0.3 is 15.2 Å². The van der Waals surface area contributed by atoms with Gasteiger partial charge in [0, 0.05) is 22.9 Å². The van der Waals surface area contributed by atoms with E-state index in [1.807, 2.05) is 0 Å². The Bertz CT molecular complexity index is 941. The highest BCUT2D eigenvalue weighted by Crippen LogP contribution is 2.29. The zero-order valence-electron chi connectivity index (χ0n) is 14.5. The Balaban J connectivity index is 1.66. The van der Waals surface area contributed by atoms with Crippen molar-refractivity contribution in [3.63, 3.8) is 0 Å². The van der Waals surface area contributed by atoms with Crippen molar-refractivity contribution >= 4 is 29.2 Å². The van der Waals surface area contributed by atoms with Crippen molar-refractivity contribution in [1.29, 1.82) is 0 Å². The van der Waals surface area contributed by atoms with Gasteiger partial charge in [0.2, 0.25) is 5.91 Å². The number of carboxylic acids is 1. The van der Waals surface area contributed by atoms with Crippen LogP contribution in [0.15, 0.2) is 48.0 Å². The summed E-state index contributed by atoms with van der Waals surface area (Å²) in [4.78, 5) is 23.4. The summed E-state index contributed by atoms with van der Waals surface area (Å²) in [6.45, 7) is -0.261. The van der Waals surface area contributed by atoms with Crippen LogP contribution >= 0.6 is 11.6 Å². The SMILES string of the molecule is O=C(O)C1=CCCC1C(=O)Nc1ccc(OCc2c(F)cccc2Cl)c(F)c1. The summed E-state index contributed by atoms with van der Waals surface area (Å²) >= 11 is 5.91. The number of halogens is 3. The van der Waals surface area contributed by atoms with E-state index < -0.39 is 29.4 Å². The van der Waals surface area contributed by atoms with Gasteiger partial charge in [-0.3, -0.25) is 4.79 Å². The third kappa shape index (κ3) is 4.31. The Morgan fingerprint density at radius 2 is 2.00 bits per heavy atom. The van der Waals surface area contributed by atoms with Crippen molar-refractivity contribution in [2.24, 2.45) is 5.92 Å². The van der Waals surface area contributed by atoms with E-state index in [4.69, 9.17) is 21.4 Å². The molecule has 1 aliphatic rings. The summed E-state index contributed by atoms with van der Waals surface area (Å²) in [5, 5.41) is 11.8. The van der Waals surface area contributed by atoms with Gasteiger partial charge in [-0.05, 0) is 37.1 Å². The van der Waals surface area contributed by atoms with Crippen molar-refractivity contribution in [3.8, 4) is 5.75 Å². The molecule has 8 heteroatoms. The van der Waals surface area contributed by atoms with E-state index in [1.165, 1.54) is 36.4 Å². The third-order valence-corrected chi connectivity index (χ3v) is 4.75. The lowest BCUT2D eigenvalue weighted by Crippen LogP contribution is -2.25. The average Bonchev–Trinajstić information content (AvgIpc) is 3.13. The van der Waals surface area contributed by atoms with Gasteiger partial charge in [0.1, 0.15) is 12.4 Å². The van der Waals surface area contributed by atoms with E-state index in [2.05, 4.69) is 5.32 Å². The minimum absolute atomic E-state index is 0.0414. The quantitative estimate of drug-likeness (QED) is 0.736. The van der Waals surface area contributed by atoms with Crippen LogP contribution in [0.5, 0.6) is 5.75 Å². The predicted molar refractivity (Wildman–Crippen MR) is 99.2 cm³/mol. The highest BCUT2D eigenvalue weighted by Gasteiger charge is 2.30. The summed E-state index contributed by atoms with van der Waals surface area (Å²) < 4.78 is 33.3. The van der Waals surface area contributed by atoms with Crippen LogP contribution in [-0.2, 0) is 16.2 Å².